The minimum Gasteiger partial charge on any atom is -0.393 e. The zero-order chi connectivity index (χ0) is 8.04. The minimum atomic E-state index is -0.939. The number of rotatable bonds is 4. The van der Waals surface area contributed by atoms with Gasteiger partial charge in [-0.3, -0.25) is 0 Å². The number of allylic oxidation sites excluding steroid dienone is 1. The third kappa shape index (κ3) is 4.53. The third-order valence-electron chi connectivity index (χ3n) is 1.30. The van der Waals surface area contributed by atoms with Crippen LogP contribution in [0, 0.1) is 0 Å². The summed E-state index contributed by atoms with van der Waals surface area (Å²) in [6.45, 7) is 3.47. The summed E-state index contributed by atoms with van der Waals surface area (Å²) in [5.74, 6) is 0. The molecule has 2 heteroatoms. The Morgan fingerprint density at radius 2 is 2.00 bits per heavy atom. The molecule has 0 bridgehead atoms. The van der Waals surface area contributed by atoms with Gasteiger partial charge in [-0.05, 0) is 19.8 Å². The van der Waals surface area contributed by atoms with E-state index in [2.05, 4.69) is 0 Å². The van der Waals surface area contributed by atoms with Crippen LogP contribution in [0.15, 0.2) is 12.2 Å². The first kappa shape index (κ1) is 9.66. The molecule has 0 aliphatic heterocycles. The summed E-state index contributed by atoms with van der Waals surface area (Å²) in [6.07, 6.45) is 5.36. The fourth-order valence-corrected chi connectivity index (χ4v) is 0.568. The van der Waals surface area contributed by atoms with Gasteiger partial charge < -0.3 is 10.2 Å². The molecule has 2 N–H and O–H groups in total. The van der Waals surface area contributed by atoms with Gasteiger partial charge in [-0.25, -0.2) is 0 Å². The second-order valence-electron chi connectivity index (χ2n) is 2.74. The molecule has 0 saturated carbocycles. The average molecular weight is 144 g/mol. The Kier molecular flexibility index (Phi) is 4.32. The first-order valence-electron chi connectivity index (χ1n) is 3.60. The molecule has 0 aromatic heterocycles. The van der Waals surface area contributed by atoms with Gasteiger partial charge in [0.25, 0.3) is 0 Å². The lowest BCUT2D eigenvalue weighted by molar-refractivity contribution is 0.00448. The molecular formula is C8H16O2. The number of hydrogen-bond acceptors (Lipinski definition) is 2. The first-order valence-corrected chi connectivity index (χ1v) is 3.60. The third-order valence-corrected chi connectivity index (χ3v) is 1.30. The summed E-state index contributed by atoms with van der Waals surface area (Å²) in [7, 11) is 0. The Morgan fingerprint density at radius 3 is 2.40 bits per heavy atom. The van der Waals surface area contributed by atoms with Crippen molar-refractivity contribution in [1.82, 2.24) is 0 Å². The highest BCUT2D eigenvalue weighted by Crippen LogP contribution is 2.08. The second kappa shape index (κ2) is 4.47. The lowest BCUT2D eigenvalue weighted by Crippen LogP contribution is -2.27. The van der Waals surface area contributed by atoms with E-state index in [1.807, 2.05) is 19.1 Å². The van der Waals surface area contributed by atoms with Crippen LogP contribution in [-0.2, 0) is 0 Å². The van der Waals surface area contributed by atoms with E-state index in [-0.39, 0.29) is 6.61 Å². The molecule has 2 nitrogen and oxygen atoms in total. The molecule has 0 rings (SSSR count). The van der Waals surface area contributed by atoms with Crippen LogP contribution in [0.4, 0.5) is 0 Å². The molecular weight excluding hydrogens is 128 g/mol. The van der Waals surface area contributed by atoms with Crippen molar-refractivity contribution >= 4 is 0 Å². The molecule has 0 aliphatic carbocycles. The van der Waals surface area contributed by atoms with E-state index < -0.39 is 5.60 Å². The highest BCUT2D eigenvalue weighted by molar-refractivity contribution is 4.88. The molecule has 0 heterocycles. The van der Waals surface area contributed by atoms with Crippen molar-refractivity contribution in [3.8, 4) is 0 Å². The largest absolute Gasteiger partial charge is 0.393 e. The molecule has 0 aromatic rings. The van der Waals surface area contributed by atoms with Crippen molar-refractivity contribution in [2.45, 2.75) is 32.3 Å². The topological polar surface area (TPSA) is 40.5 Å². The number of aliphatic hydroxyl groups is 2. The fourth-order valence-electron chi connectivity index (χ4n) is 0.568. The van der Waals surface area contributed by atoms with E-state index in [0.717, 1.165) is 6.42 Å². The van der Waals surface area contributed by atoms with Crippen LogP contribution in [0.1, 0.15) is 26.7 Å². The van der Waals surface area contributed by atoms with Crippen molar-refractivity contribution in [2.75, 3.05) is 6.61 Å². The van der Waals surface area contributed by atoms with Crippen LogP contribution in [0.3, 0.4) is 0 Å². The summed E-state index contributed by atoms with van der Waals surface area (Å²) in [6, 6.07) is 0. The molecule has 0 saturated heterocycles. The Bertz CT molecular complexity index is 106. The standard InChI is InChI=1S/C8H16O2/c1-3-4-5-6-8(2,10)7-9/h4-5,9-10H,3,6-7H2,1-2H3/b5-4+. The predicted octanol–water partition coefficient (Wildman–Crippen LogP) is 1.09. The van der Waals surface area contributed by atoms with Crippen LogP contribution in [0.2, 0.25) is 0 Å². The molecule has 1 atom stereocenters. The van der Waals surface area contributed by atoms with E-state index in [0.29, 0.717) is 6.42 Å². The van der Waals surface area contributed by atoms with Crippen molar-refractivity contribution < 1.29 is 10.2 Å². The van der Waals surface area contributed by atoms with Crippen molar-refractivity contribution in [3.05, 3.63) is 12.2 Å². The van der Waals surface area contributed by atoms with Crippen LogP contribution in [0.5, 0.6) is 0 Å². The highest BCUT2D eigenvalue weighted by atomic mass is 16.3. The van der Waals surface area contributed by atoms with Crippen LogP contribution in [-0.4, -0.2) is 22.4 Å². The van der Waals surface area contributed by atoms with E-state index in [1.54, 1.807) is 6.92 Å². The van der Waals surface area contributed by atoms with Crippen molar-refractivity contribution in [2.24, 2.45) is 0 Å². The minimum absolute atomic E-state index is 0.180. The number of hydrogen-bond donors (Lipinski definition) is 2. The van der Waals surface area contributed by atoms with Gasteiger partial charge in [0.2, 0.25) is 0 Å². The van der Waals surface area contributed by atoms with E-state index in [4.69, 9.17) is 5.11 Å². The lowest BCUT2D eigenvalue weighted by Gasteiger charge is -2.17. The molecule has 0 amide bonds. The van der Waals surface area contributed by atoms with Gasteiger partial charge in [0.15, 0.2) is 0 Å². The fraction of sp³-hybridized carbons (Fsp3) is 0.750. The van der Waals surface area contributed by atoms with Gasteiger partial charge in [-0.1, -0.05) is 19.1 Å². The average Bonchev–Trinajstić information content (AvgIpc) is 1.89. The smallest absolute Gasteiger partial charge is 0.0883 e. The Hall–Kier alpha value is -0.340. The molecule has 0 spiro atoms. The maximum absolute atomic E-state index is 9.25. The maximum atomic E-state index is 9.25. The lowest BCUT2D eigenvalue weighted by atomic mass is 10.0. The van der Waals surface area contributed by atoms with Crippen LogP contribution >= 0.6 is 0 Å². The molecule has 0 radical (unpaired) electrons. The Balaban J connectivity index is 3.56. The molecule has 10 heavy (non-hydrogen) atoms. The van der Waals surface area contributed by atoms with Gasteiger partial charge in [0.1, 0.15) is 0 Å². The normalized spacial score (nSPS) is 17.6. The van der Waals surface area contributed by atoms with E-state index >= 15 is 0 Å². The van der Waals surface area contributed by atoms with Gasteiger partial charge in [0.05, 0.1) is 12.2 Å². The quantitative estimate of drug-likeness (QED) is 0.580. The SMILES string of the molecule is CC/C=C/CC(C)(O)CO. The summed E-state index contributed by atoms with van der Waals surface area (Å²) < 4.78 is 0. The summed E-state index contributed by atoms with van der Waals surface area (Å²) in [4.78, 5) is 0. The highest BCUT2D eigenvalue weighted by Gasteiger charge is 2.15. The van der Waals surface area contributed by atoms with E-state index in [9.17, 15) is 5.11 Å². The number of aliphatic hydroxyl groups excluding tert-OH is 1. The van der Waals surface area contributed by atoms with Crippen molar-refractivity contribution in [3.63, 3.8) is 0 Å². The molecule has 1 unspecified atom stereocenters. The van der Waals surface area contributed by atoms with Gasteiger partial charge >= 0.3 is 0 Å². The second-order valence-corrected chi connectivity index (χ2v) is 2.74. The molecule has 0 aliphatic rings. The summed E-state index contributed by atoms with van der Waals surface area (Å²) in [5, 5.41) is 17.9. The van der Waals surface area contributed by atoms with Crippen LogP contribution in [0.25, 0.3) is 0 Å². The monoisotopic (exact) mass is 144 g/mol. The van der Waals surface area contributed by atoms with Gasteiger partial charge in [-0.15, -0.1) is 0 Å². The van der Waals surface area contributed by atoms with E-state index in [1.165, 1.54) is 0 Å². The molecule has 60 valence electrons. The summed E-state index contributed by atoms with van der Waals surface area (Å²) >= 11 is 0. The molecule has 0 fully saturated rings. The maximum Gasteiger partial charge on any atom is 0.0883 e. The zero-order valence-corrected chi connectivity index (χ0v) is 6.67. The molecule has 0 aromatic carbocycles. The summed E-state index contributed by atoms with van der Waals surface area (Å²) in [5.41, 5.74) is -0.939. The van der Waals surface area contributed by atoms with Crippen LogP contribution < -0.4 is 0 Å². The zero-order valence-electron chi connectivity index (χ0n) is 6.67. The first-order chi connectivity index (χ1) is 4.62. The van der Waals surface area contributed by atoms with Gasteiger partial charge in [-0.2, -0.15) is 0 Å². The van der Waals surface area contributed by atoms with Gasteiger partial charge in [0, 0.05) is 0 Å². The Morgan fingerprint density at radius 1 is 1.40 bits per heavy atom. The van der Waals surface area contributed by atoms with Crippen molar-refractivity contribution in [1.29, 1.82) is 0 Å². The Labute approximate surface area is 62.2 Å². The predicted molar refractivity (Wildman–Crippen MR) is 41.8 cm³/mol.